The number of aromatic amines is 1. The summed E-state index contributed by atoms with van der Waals surface area (Å²) in [6.07, 6.45) is 0.744. The van der Waals surface area contributed by atoms with Crippen LogP contribution >= 0.6 is 11.8 Å². The van der Waals surface area contributed by atoms with Crippen molar-refractivity contribution in [1.82, 2.24) is 20.6 Å². The van der Waals surface area contributed by atoms with Gasteiger partial charge in [-0.3, -0.25) is 14.4 Å². The molecule has 1 heterocycles. The third-order valence-electron chi connectivity index (χ3n) is 4.37. The fourth-order valence-electron chi connectivity index (χ4n) is 2.84. The van der Waals surface area contributed by atoms with E-state index in [2.05, 4.69) is 20.6 Å². The highest BCUT2D eigenvalue weighted by Gasteiger charge is 2.10. The van der Waals surface area contributed by atoms with Crippen LogP contribution < -0.4 is 16.2 Å². The maximum atomic E-state index is 12.2. The summed E-state index contributed by atoms with van der Waals surface area (Å²) in [6.45, 7) is 0.947. The standard InChI is InChI=1S/C23H24N4O3S/c28-20(25-15-18-9-5-2-6-10-18)13-19-14-21(29)27-23(26-19)31-16-22(30)24-12-11-17-7-3-1-4-8-17/h1-10,14H,11-13,15-16H2,(H,24,30)(H,25,28)(H,26,27,29). The van der Waals surface area contributed by atoms with E-state index in [1.165, 1.54) is 6.07 Å². The Morgan fingerprint density at radius 1 is 0.903 bits per heavy atom. The molecule has 0 atom stereocenters. The molecule has 8 heteroatoms. The summed E-state index contributed by atoms with van der Waals surface area (Å²) in [5.74, 6) is -0.243. The van der Waals surface area contributed by atoms with Crippen LogP contribution in [-0.2, 0) is 29.0 Å². The number of H-pyrrole nitrogens is 1. The smallest absolute Gasteiger partial charge is 0.251 e. The monoisotopic (exact) mass is 436 g/mol. The Labute approximate surface area is 184 Å². The largest absolute Gasteiger partial charge is 0.355 e. The zero-order valence-electron chi connectivity index (χ0n) is 17.0. The highest BCUT2D eigenvalue weighted by molar-refractivity contribution is 7.99. The number of nitrogens with one attached hydrogen (secondary N) is 3. The Hall–Kier alpha value is -3.39. The molecule has 31 heavy (non-hydrogen) atoms. The first kappa shape index (κ1) is 22.3. The van der Waals surface area contributed by atoms with Crippen LogP contribution in [0.5, 0.6) is 0 Å². The van der Waals surface area contributed by atoms with Gasteiger partial charge in [0.05, 0.1) is 17.9 Å². The van der Waals surface area contributed by atoms with Gasteiger partial charge in [-0.15, -0.1) is 0 Å². The Morgan fingerprint density at radius 3 is 2.29 bits per heavy atom. The average molecular weight is 437 g/mol. The predicted octanol–water partition coefficient (Wildman–Crippen LogP) is 2.08. The van der Waals surface area contributed by atoms with E-state index in [9.17, 15) is 14.4 Å². The van der Waals surface area contributed by atoms with Gasteiger partial charge in [0.1, 0.15) is 0 Å². The molecule has 0 spiro atoms. The van der Waals surface area contributed by atoms with Crippen molar-refractivity contribution in [2.75, 3.05) is 12.3 Å². The molecule has 0 saturated carbocycles. The minimum Gasteiger partial charge on any atom is -0.355 e. The summed E-state index contributed by atoms with van der Waals surface area (Å²) >= 11 is 1.13. The Kier molecular flexibility index (Phi) is 8.42. The van der Waals surface area contributed by atoms with Gasteiger partial charge in [-0.2, -0.15) is 0 Å². The number of amides is 2. The molecule has 3 N–H and O–H groups in total. The maximum absolute atomic E-state index is 12.2. The molecule has 7 nitrogen and oxygen atoms in total. The number of rotatable bonds is 10. The first-order chi connectivity index (χ1) is 15.1. The van der Waals surface area contributed by atoms with Crippen molar-refractivity contribution in [2.45, 2.75) is 24.5 Å². The molecule has 0 saturated heterocycles. The van der Waals surface area contributed by atoms with Crippen molar-refractivity contribution >= 4 is 23.6 Å². The van der Waals surface area contributed by atoms with E-state index in [0.717, 1.165) is 29.3 Å². The van der Waals surface area contributed by atoms with E-state index in [1.54, 1.807) is 0 Å². The maximum Gasteiger partial charge on any atom is 0.251 e. The van der Waals surface area contributed by atoms with Gasteiger partial charge in [0.2, 0.25) is 11.8 Å². The van der Waals surface area contributed by atoms with Gasteiger partial charge in [-0.1, -0.05) is 72.4 Å². The third kappa shape index (κ3) is 8.10. The Bertz CT molecular complexity index is 1060. The van der Waals surface area contributed by atoms with Crippen LogP contribution in [0.1, 0.15) is 16.8 Å². The molecule has 0 unspecified atom stereocenters. The van der Waals surface area contributed by atoms with Gasteiger partial charge in [0, 0.05) is 19.2 Å². The van der Waals surface area contributed by atoms with Gasteiger partial charge < -0.3 is 15.6 Å². The zero-order valence-corrected chi connectivity index (χ0v) is 17.8. The first-order valence-electron chi connectivity index (χ1n) is 9.93. The molecule has 2 aromatic carbocycles. The Morgan fingerprint density at radius 2 is 1.58 bits per heavy atom. The SMILES string of the molecule is O=C(CSc1nc(CC(=O)NCc2ccccc2)cc(=O)[nH]1)NCCc1ccccc1. The minimum atomic E-state index is -0.354. The summed E-state index contributed by atoms with van der Waals surface area (Å²) < 4.78 is 0. The molecule has 0 aliphatic carbocycles. The second kappa shape index (κ2) is 11.7. The molecular formula is C23H24N4O3S. The van der Waals surface area contributed by atoms with Crippen molar-refractivity contribution < 1.29 is 9.59 Å². The lowest BCUT2D eigenvalue weighted by atomic mass is 10.1. The molecule has 0 aliphatic rings. The lowest BCUT2D eigenvalue weighted by molar-refractivity contribution is -0.121. The average Bonchev–Trinajstić information content (AvgIpc) is 2.77. The highest BCUT2D eigenvalue weighted by atomic mass is 32.2. The number of hydrogen-bond acceptors (Lipinski definition) is 5. The van der Waals surface area contributed by atoms with Gasteiger partial charge in [-0.25, -0.2) is 4.98 Å². The van der Waals surface area contributed by atoms with E-state index in [1.807, 2.05) is 60.7 Å². The third-order valence-corrected chi connectivity index (χ3v) is 5.24. The lowest BCUT2D eigenvalue weighted by Gasteiger charge is -2.07. The quantitative estimate of drug-likeness (QED) is 0.333. The van der Waals surface area contributed by atoms with Crippen LogP contribution in [0.3, 0.4) is 0 Å². The molecule has 0 radical (unpaired) electrons. The van der Waals surface area contributed by atoms with Crippen LogP contribution in [0.15, 0.2) is 76.7 Å². The highest BCUT2D eigenvalue weighted by Crippen LogP contribution is 2.11. The minimum absolute atomic E-state index is 0.00636. The molecule has 0 fully saturated rings. The molecule has 0 aliphatic heterocycles. The fraction of sp³-hybridized carbons (Fsp3) is 0.217. The van der Waals surface area contributed by atoms with Crippen LogP contribution in [0.2, 0.25) is 0 Å². The van der Waals surface area contributed by atoms with Gasteiger partial charge >= 0.3 is 0 Å². The zero-order chi connectivity index (χ0) is 21.9. The second-order valence-electron chi connectivity index (χ2n) is 6.86. The number of hydrogen-bond donors (Lipinski definition) is 3. The molecule has 2 amide bonds. The Balaban J connectivity index is 1.44. The van der Waals surface area contributed by atoms with Crippen LogP contribution in [0.4, 0.5) is 0 Å². The van der Waals surface area contributed by atoms with Crippen molar-refractivity contribution in [3.63, 3.8) is 0 Å². The number of benzene rings is 2. The molecular weight excluding hydrogens is 412 g/mol. The van der Waals surface area contributed by atoms with E-state index in [-0.39, 0.29) is 29.5 Å². The van der Waals surface area contributed by atoms with E-state index in [0.29, 0.717) is 23.9 Å². The van der Waals surface area contributed by atoms with Gasteiger partial charge in [0.25, 0.3) is 5.56 Å². The van der Waals surface area contributed by atoms with E-state index < -0.39 is 0 Å². The topological polar surface area (TPSA) is 104 Å². The number of nitrogens with zero attached hydrogens (tertiary/aromatic N) is 1. The summed E-state index contributed by atoms with van der Waals surface area (Å²) in [7, 11) is 0. The van der Waals surface area contributed by atoms with Crippen LogP contribution in [-0.4, -0.2) is 34.1 Å². The van der Waals surface area contributed by atoms with Crippen molar-refractivity contribution in [1.29, 1.82) is 0 Å². The molecule has 160 valence electrons. The first-order valence-corrected chi connectivity index (χ1v) is 10.9. The normalized spacial score (nSPS) is 10.5. The molecule has 0 bridgehead atoms. The predicted molar refractivity (Wildman–Crippen MR) is 121 cm³/mol. The summed E-state index contributed by atoms with van der Waals surface area (Å²) in [5, 5.41) is 5.98. The lowest BCUT2D eigenvalue weighted by Crippen LogP contribution is -2.27. The second-order valence-corrected chi connectivity index (χ2v) is 7.82. The van der Waals surface area contributed by atoms with E-state index >= 15 is 0 Å². The number of carbonyl (C=O) groups excluding carboxylic acids is 2. The summed E-state index contributed by atoms with van der Waals surface area (Å²) in [4.78, 5) is 43.0. The van der Waals surface area contributed by atoms with Gasteiger partial charge in [0.15, 0.2) is 5.16 Å². The summed E-state index contributed by atoms with van der Waals surface area (Å²) in [6, 6.07) is 20.8. The van der Waals surface area contributed by atoms with Crippen molar-refractivity contribution in [3.05, 3.63) is 93.9 Å². The van der Waals surface area contributed by atoms with Crippen molar-refractivity contribution in [2.24, 2.45) is 0 Å². The molecule has 3 rings (SSSR count). The van der Waals surface area contributed by atoms with Crippen LogP contribution in [0, 0.1) is 0 Å². The fourth-order valence-corrected chi connectivity index (χ4v) is 3.57. The molecule has 1 aromatic heterocycles. The number of carbonyl (C=O) groups is 2. The van der Waals surface area contributed by atoms with Crippen molar-refractivity contribution in [3.8, 4) is 0 Å². The molecule has 3 aromatic rings. The van der Waals surface area contributed by atoms with Gasteiger partial charge in [-0.05, 0) is 17.5 Å². The van der Waals surface area contributed by atoms with Crippen LogP contribution in [0.25, 0.3) is 0 Å². The number of thioether (sulfide) groups is 1. The summed E-state index contributed by atoms with van der Waals surface area (Å²) in [5.41, 5.74) is 2.15. The number of aromatic nitrogens is 2. The van der Waals surface area contributed by atoms with E-state index in [4.69, 9.17) is 0 Å².